The second-order valence-electron chi connectivity index (χ2n) is 7.93. The van der Waals surface area contributed by atoms with Gasteiger partial charge in [-0.1, -0.05) is 24.3 Å². The summed E-state index contributed by atoms with van der Waals surface area (Å²) in [5.41, 5.74) is -0.0807. The van der Waals surface area contributed by atoms with Crippen LogP contribution in [0.2, 0.25) is 0 Å². The molecule has 0 bridgehead atoms. The van der Waals surface area contributed by atoms with Gasteiger partial charge in [-0.3, -0.25) is 9.59 Å². The van der Waals surface area contributed by atoms with E-state index in [0.29, 0.717) is 11.1 Å². The number of rotatable bonds is 5. The third-order valence-electron chi connectivity index (χ3n) is 2.96. The summed E-state index contributed by atoms with van der Waals surface area (Å²) in [5, 5.41) is 1.97. The minimum Gasteiger partial charge on any atom is -0.460 e. The summed E-state index contributed by atoms with van der Waals surface area (Å²) in [7, 11) is 0. The molecule has 0 heterocycles. The lowest BCUT2D eigenvalue weighted by Crippen LogP contribution is -2.37. The molecule has 1 aromatic carbocycles. The van der Waals surface area contributed by atoms with Crippen molar-refractivity contribution in [3.8, 4) is 0 Å². The van der Waals surface area contributed by atoms with Crippen LogP contribution in [0.5, 0.6) is 0 Å². The van der Waals surface area contributed by atoms with Gasteiger partial charge in [0.05, 0.1) is 6.42 Å². The van der Waals surface area contributed by atoms with Crippen LogP contribution in [-0.4, -0.2) is 28.4 Å². The van der Waals surface area contributed by atoms with E-state index in [0.717, 1.165) is 0 Å². The second-order valence-corrected chi connectivity index (χ2v) is 8.37. The van der Waals surface area contributed by atoms with Crippen molar-refractivity contribution in [3.05, 3.63) is 35.4 Å². The Labute approximate surface area is 160 Å². The largest absolute Gasteiger partial charge is 0.460 e. The zero-order valence-electron chi connectivity index (χ0n) is 16.1. The van der Waals surface area contributed by atoms with Gasteiger partial charge < -0.3 is 14.8 Å². The topological polar surface area (TPSA) is 81.7 Å². The zero-order chi connectivity index (χ0) is 20.1. The lowest BCUT2D eigenvalue weighted by atomic mass is 10.0. The number of benzene rings is 1. The number of alkyl carbamates (subject to hydrolysis) is 1. The molecular weight excluding hydrogens is 354 g/mol. The monoisotopic (exact) mass is 381 g/mol. The summed E-state index contributed by atoms with van der Waals surface area (Å²) in [6, 6.07) is 5.82. The van der Waals surface area contributed by atoms with Gasteiger partial charge in [0.15, 0.2) is 0 Å². The van der Waals surface area contributed by atoms with E-state index in [9.17, 15) is 14.4 Å². The Morgan fingerprint density at radius 3 is 2.12 bits per heavy atom. The summed E-state index contributed by atoms with van der Waals surface area (Å²) in [4.78, 5) is 35.8. The van der Waals surface area contributed by atoms with Crippen LogP contribution >= 0.6 is 12.6 Å². The summed E-state index contributed by atoms with van der Waals surface area (Å²) in [6.45, 7) is 10.6. The van der Waals surface area contributed by atoms with Crippen LogP contribution in [0.1, 0.15) is 58.7 Å². The Hall–Kier alpha value is -2.02. The van der Waals surface area contributed by atoms with Gasteiger partial charge in [-0.05, 0) is 52.7 Å². The highest BCUT2D eigenvalue weighted by Gasteiger charge is 2.24. The number of ether oxygens (including phenoxy) is 2. The molecule has 1 aromatic rings. The molecule has 1 atom stereocenters. The summed E-state index contributed by atoms with van der Waals surface area (Å²) >= 11 is 3.85. The zero-order valence-corrected chi connectivity index (χ0v) is 17.0. The van der Waals surface area contributed by atoms with E-state index < -0.39 is 28.5 Å². The number of amides is 1. The quantitative estimate of drug-likeness (QED) is 0.602. The molecule has 1 rings (SSSR count). The van der Waals surface area contributed by atoms with Gasteiger partial charge in [0, 0.05) is 0 Å². The molecule has 1 amide bonds. The van der Waals surface area contributed by atoms with Gasteiger partial charge in [0.2, 0.25) is 5.12 Å². The maximum absolute atomic E-state index is 12.0. The third kappa shape index (κ3) is 8.38. The van der Waals surface area contributed by atoms with E-state index in [-0.39, 0.29) is 12.4 Å². The SMILES string of the molecule is CC(C)(C)OC(=O)Cc1cccc([C@@H](NC(=O)OC(C)(C)C)C(=O)S)c1. The fraction of sp³-hybridized carbons (Fsp3) is 0.526. The fourth-order valence-electron chi connectivity index (χ4n) is 2.14. The molecule has 0 aromatic heterocycles. The van der Waals surface area contributed by atoms with Crippen molar-refractivity contribution >= 4 is 29.8 Å². The molecule has 0 aliphatic rings. The van der Waals surface area contributed by atoms with Crippen molar-refractivity contribution in [2.24, 2.45) is 0 Å². The highest BCUT2D eigenvalue weighted by atomic mass is 32.1. The molecule has 26 heavy (non-hydrogen) atoms. The molecule has 1 N–H and O–H groups in total. The summed E-state index contributed by atoms with van der Waals surface area (Å²) in [6.07, 6.45) is -0.659. The van der Waals surface area contributed by atoms with Crippen molar-refractivity contribution in [1.82, 2.24) is 5.32 Å². The molecule has 0 aliphatic carbocycles. The van der Waals surface area contributed by atoms with Crippen LogP contribution in [0.4, 0.5) is 4.79 Å². The van der Waals surface area contributed by atoms with Gasteiger partial charge in [-0.25, -0.2) is 4.79 Å². The van der Waals surface area contributed by atoms with Crippen LogP contribution in [-0.2, 0) is 25.5 Å². The molecule has 7 heteroatoms. The molecule has 0 radical (unpaired) electrons. The summed E-state index contributed by atoms with van der Waals surface area (Å²) < 4.78 is 10.5. The van der Waals surface area contributed by atoms with E-state index in [1.807, 2.05) is 0 Å². The van der Waals surface area contributed by atoms with Crippen molar-refractivity contribution in [2.45, 2.75) is 65.2 Å². The minimum atomic E-state index is -0.980. The van der Waals surface area contributed by atoms with Crippen LogP contribution in [0.15, 0.2) is 24.3 Å². The first-order chi connectivity index (χ1) is 11.8. The Bertz CT molecular complexity index is 673. The number of esters is 1. The van der Waals surface area contributed by atoms with Gasteiger partial charge in [-0.15, -0.1) is 12.6 Å². The van der Waals surface area contributed by atoms with Crippen molar-refractivity contribution in [2.75, 3.05) is 0 Å². The molecule has 0 saturated carbocycles. The standard InChI is InChI=1S/C19H27NO5S/c1-18(2,3)24-14(21)11-12-8-7-9-13(10-12)15(16(22)26)20-17(23)25-19(4,5)6/h7-10,15H,11H2,1-6H3,(H,20,23)(H,22,26)/t15-/m1/s1. The first-order valence-corrected chi connectivity index (χ1v) is 8.74. The van der Waals surface area contributed by atoms with Crippen LogP contribution in [0.25, 0.3) is 0 Å². The van der Waals surface area contributed by atoms with Crippen molar-refractivity contribution in [1.29, 1.82) is 0 Å². The normalized spacial score (nSPS) is 12.9. The maximum atomic E-state index is 12.0. The van der Waals surface area contributed by atoms with Crippen LogP contribution in [0.3, 0.4) is 0 Å². The first kappa shape index (κ1) is 22.0. The van der Waals surface area contributed by atoms with Crippen LogP contribution < -0.4 is 5.32 Å². The highest BCUT2D eigenvalue weighted by molar-refractivity contribution is 7.96. The summed E-state index contributed by atoms with van der Waals surface area (Å²) in [5.74, 6) is -0.372. The molecule has 6 nitrogen and oxygen atoms in total. The molecule has 144 valence electrons. The Morgan fingerprint density at radius 2 is 1.62 bits per heavy atom. The predicted molar refractivity (Wildman–Crippen MR) is 102 cm³/mol. The number of hydrogen-bond acceptors (Lipinski definition) is 5. The second kappa shape index (κ2) is 8.58. The Balaban J connectivity index is 2.92. The Morgan fingerprint density at radius 1 is 1.04 bits per heavy atom. The molecule has 0 spiro atoms. The van der Waals surface area contributed by atoms with Gasteiger partial charge in [-0.2, -0.15) is 0 Å². The third-order valence-corrected chi connectivity index (χ3v) is 3.22. The number of thiol groups is 1. The average Bonchev–Trinajstić information content (AvgIpc) is 2.40. The molecule has 0 unspecified atom stereocenters. The van der Waals surface area contributed by atoms with Gasteiger partial charge in [0.25, 0.3) is 0 Å². The van der Waals surface area contributed by atoms with Crippen molar-refractivity contribution in [3.63, 3.8) is 0 Å². The highest BCUT2D eigenvalue weighted by Crippen LogP contribution is 2.20. The van der Waals surface area contributed by atoms with E-state index >= 15 is 0 Å². The Kier molecular flexibility index (Phi) is 7.26. The van der Waals surface area contributed by atoms with Gasteiger partial charge >= 0.3 is 12.1 Å². The lowest BCUT2D eigenvalue weighted by Gasteiger charge is -2.23. The lowest BCUT2D eigenvalue weighted by molar-refractivity contribution is -0.153. The average molecular weight is 381 g/mol. The van der Waals surface area contributed by atoms with E-state index in [2.05, 4.69) is 17.9 Å². The molecule has 0 saturated heterocycles. The molecule has 0 aliphatic heterocycles. The van der Waals surface area contributed by atoms with E-state index in [4.69, 9.17) is 9.47 Å². The number of carbonyl (C=O) groups is 3. The molecule has 0 fully saturated rings. The van der Waals surface area contributed by atoms with Gasteiger partial charge in [0.1, 0.15) is 17.2 Å². The maximum Gasteiger partial charge on any atom is 0.408 e. The fourth-order valence-corrected chi connectivity index (χ4v) is 2.35. The number of carbonyl (C=O) groups excluding carboxylic acids is 3. The minimum absolute atomic E-state index is 0.0605. The smallest absolute Gasteiger partial charge is 0.408 e. The first-order valence-electron chi connectivity index (χ1n) is 8.30. The van der Waals surface area contributed by atoms with E-state index in [1.54, 1.807) is 65.8 Å². The number of hydrogen-bond donors (Lipinski definition) is 2. The van der Waals surface area contributed by atoms with E-state index in [1.165, 1.54) is 0 Å². The number of nitrogens with one attached hydrogen (secondary N) is 1. The van der Waals surface area contributed by atoms with Crippen LogP contribution in [0, 0.1) is 0 Å². The van der Waals surface area contributed by atoms with Crippen molar-refractivity contribution < 1.29 is 23.9 Å². The molecular formula is C19H27NO5S. The predicted octanol–water partition coefficient (Wildman–Crippen LogP) is 3.59.